The number of aliphatic imine (C=N–C) groups is 1. The van der Waals surface area contributed by atoms with Crippen molar-refractivity contribution in [2.45, 2.75) is 72.3 Å². The summed E-state index contributed by atoms with van der Waals surface area (Å²) in [5, 5.41) is 10.5. The average molecular weight is 450 g/mol. The highest BCUT2D eigenvalue weighted by Gasteiger charge is 2.33. The monoisotopic (exact) mass is 449 g/mol. The Bertz CT molecular complexity index is 663. The summed E-state index contributed by atoms with van der Waals surface area (Å²) in [7, 11) is 0. The number of hydrogen-bond acceptors (Lipinski definition) is 5. The lowest BCUT2D eigenvalue weighted by atomic mass is 9.83. The molecule has 0 unspecified atom stereocenters. The van der Waals surface area contributed by atoms with Crippen molar-refractivity contribution in [1.82, 2.24) is 20.5 Å². The molecule has 0 radical (unpaired) electrons. The zero-order valence-corrected chi connectivity index (χ0v) is 20.7. The third kappa shape index (κ3) is 8.03. The number of guanidine groups is 1. The van der Waals surface area contributed by atoms with Crippen LogP contribution in [-0.2, 0) is 11.3 Å². The quantitative estimate of drug-likeness (QED) is 0.301. The van der Waals surface area contributed by atoms with Crippen LogP contribution in [0.1, 0.15) is 69.5 Å². The molecule has 6 nitrogen and oxygen atoms in total. The van der Waals surface area contributed by atoms with Gasteiger partial charge in [0.15, 0.2) is 5.96 Å². The van der Waals surface area contributed by atoms with Crippen molar-refractivity contribution in [2.75, 3.05) is 45.9 Å². The summed E-state index contributed by atoms with van der Waals surface area (Å²) in [6.07, 6.45) is 8.89. The van der Waals surface area contributed by atoms with Gasteiger partial charge in [0.25, 0.3) is 0 Å². The molecule has 1 aliphatic carbocycles. The van der Waals surface area contributed by atoms with E-state index in [2.05, 4.69) is 46.7 Å². The molecule has 2 fully saturated rings. The molecule has 2 N–H and O–H groups in total. The van der Waals surface area contributed by atoms with Gasteiger partial charge in [-0.2, -0.15) is 0 Å². The van der Waals surface area contributed by atoms with Crippen LogP contribution in [-0.4, -0.2) is 61.8 Å². The Kier molecular flexibility index (Phi) is 10.1. The normalized spacial score (nSPS) is 20.3. The fraction of sp³-hybridized carbons (Fsp3) is 0.833. The molecule has 2 heterocycles. The van der Waals surface area contributed by atoms with Gasteiger partial charge in [-0.05, 0) is 77.3 Å². The van der Waals surface area contributed by atoms with E-state index in [9.17, 15) is 0 Å². The van der Waals surface area contributed by atoms with Crippen molar-refractivity contribution in [3.05, 3.63) is 16.1 Å². The first-order valence-corrected chi connectivity index (χ1v) is 13.2. The molecule has 1 saturated carbocycles. The van der Waals surface area contributed by atoms with Gasteiger partial charge in [0.1, 0.15) is 0 Å². The summed E-state index contributed by atoms with van der Waals surface area (Å²) in [6.45, 7) is 14.2. The van der Waals surface area contributed by atoms with Crippen molar-refractivity contribution >= 4 is 17.3 Å². The predicted molar refractivity (Wildman–Crippen MR) is 131 cm³/mol. The second-order valence-corrected chi connectivity index (χ2v) is 10.4. The molecule has 3 rings (SSSR count). The SMILES string of the molecule is CCNC(=NCC1(CCOCC)CCCC1)NCC1CCN(Cc2csc(C)n2)CC1. The third-order valence-electron chi connectivity index (χ3n) is 6.88. The zero-order chi connectivity index (χ0) is 21.9. The highest BCUT2D eigenvalue weighted by molar-refractivity contribution is 7.09. The maximum atomic E-state index is 5.66. The number of ether oxygens (including phenoxy) is 1. The second kappa shape index (κ2) is 12.8. The number of nitrogens with one attached hydrogen (secondary N) is 2. The molecule has 1 aliphatic heterocycles. The van der Waals surface area contributed by atoms with Crippen molar-refractivity contribution in [1.29, 1.82) is 0 Å². The van der Waals surface area contributed by atoms with Crippen molar-refractivity contribution in [3.8, 4) is 0 Å². The van der Waals surface area contributed by atoms with Gasteiger partial charge in [0.2, 0.25) is 0 Å². The minimum atomic E-state index is 0.344. The highest BCUT2D eigenvalue weighted by atomic mass is 32.1. The lowest BCUT2D eigenvalue weighted by Crippen LogP contribution is -2.43. The lowest BCUT2D eigenvalue weighted by molar-refractivity contribution is 0.107. The number of nitrogens with zero attached hydrogens (tertiary/aromatic N) is 3. The van der Waals surface area contributed by atoms with E-state index in [4.69, 9.17) is 9.73 Å². The molecule has 0 spiro atoms. The van der Waals surface area contributed by atoms with E-state index in [1.54, 1.807) is 11.3 Å². The Hall–Kier alpha value is -1.18. The Labute approximate surface area is 193 Å². The van der Waals surface area contributed by atoms with Crippen LogP contribution in [0.5, 0.6) is 0 Å². The first-order chi connectivity index (χ1) is 15.1. The molecule has 2 aliphatic rings. The van der Waals surface area contributed by atoms with Gasteiger partial charge < -0.3 is 15.4 Å². The van der Waals surface area contributed by atoms with E-state index in [0.717, 1.165) is 70.8 Å². The summed E-state index contributed by atoms with van der Waals surface area (Å²) in [5.74, 6) is 1.71. The predicted octanol–water partition coefficient (Wildman–Crippen LogP) is 4.21. The Morgan fingerprint density at radius 1 is 1.26 bits per heavy atom. The lowest BCUT2D eigenvalue weighted by Gasteiger charge is -2.32. The van der Waals surface area contributed by atoms with E-state index in [1.165, 1.54) is 49.2 Å². The molecule has 1 aromatic heterocycles. The maximum Gasteiger partial charge on any atom is 0.191 e. The van der Waals surface area contributed by atoms with Crippen LogP contribution in [0.15, 0.2) is 10.4 Å². The Balaban J connectivity index is 1.43. The summed E-state index contributed by atoms with van der Waals surface area (Å²) in [4.78, 5) is 12.2. The average Bonchev–Trinajstić information content (AvgIpc) is 3.41. The molecule has 31 heavy (non-hydrogen) atoms. The number of likely N-dealkylation sites (tertiary alicyclic amines) is 1. The maximum absolute atomic E-state index is 5.66. The van der Waals surface area contributed by atoms with E-state index >= 15 is 0 Å². The van der Waals surface area contributed by atoms with Gasteiger partial charge in [-0.3, -0.25) is 9.89 Å². The molecule has 1 aromatic rings. The van der Waals surface area contributed by atoms with E-state index in [0.29, 0.717) is 5.41 Å². The first kappa shape index (κ1) is 24.5. The number of aromatic nitrogens is 1. The van der Waals surface area contributed by atoms with E-state index in [-0.39, 0.29) is 0 Å². The summed E-state index contributed by atoms with van der Waals surface area (Å²) < 4.78 is 5.66. The van der Waals surface area contributed by atoms with Gasteiger partial charge in [-0.1, -0.05) is 12.8 Å². The van der Waals surface area contributed by atoms with Gasteiger partial charge in [-0.25, -0.2) is 4.98 Å². The first-order valence-electron chi connectivity index (χ1n) is 12.4. The van der Waals surface area contributed by atoms with Gasteiger partial charge in [-0.15, -0.1) is 11.3 Å². The molecule has 0 bridgehead atoms. The van der Waals surface area contributed by atoms with E-state index in [1.807, 2.05) is 0 Å². The molecule has 176 valence electrons. The van der Waals surface area contributed by atoms with Crippen LogP contribution in [0.4, 0.5) is 0 Å². The topological polar surface area (TPSA) is 61.8 Å². The van der Waals surface area contributed by atoms with Crippen LogP contribution >= 0.6 is 11.3 Å². The van der Waals surface area contributed by atoms with Crippen molar-refractivity contribution in [3.63, 3.8) is 0 Å². The second-order valence-electron chi connectivity index (χ2n) is 9.31. The molecule has 0 atom stereocenters. The van der Waals surface area contributed by atoms with Crippen molar-refractivity contribution in [2.24, 2.45) is 16.3 Å². The molecule has 0 aromatic carbocycles. The molecule has 7 heteroatoms. The van der Waals surface area contributed by atoms with Crippen molar-refractivity contribution < 1.29 is 4.74 Å². The molecule has 1 saturated heterocycles. The number of rotatable bonds is 11. The fourth-order valence-electron chi connectivity index (χ4n) is 4.93. The summed E-state index contributed by atoms with van der Waals surface area (Å²) in [6, 6.07) is 0. The van der Waals surface area contributed by atoms with Crippen LogP contribution in [0.3, 0.4) is 0 Å². The highest BCUT2D eigenvalue weighted by Crippen LogP contribution is 2.41. The molecular formula is C24H43N5OS. The number of thiazole rings is 1. The van der Waals surface area contributed by atoms with Crippen LogP contribution in [0.25, 0.3) is 0 Å². The number of hydrogen-bond donors (Lipinski definition) is 2. The fourth-order valence-corrected chi connectivity index (χ4v) is 5.54. The largest absolute Gasteiger partial charge is 0.382 e. The van der Waals surface area contributed by atoms with Gasteiger partial charge >= 0.3 is 0 Å². The number of aryl methyl sites for hydroxylation is 1. The van der Waals surface area contributed by atoms with Gasteiger partial charge in [0, 0.05) is 44.8 Å². The molecular weight excluding hydrogens is 406 g/mol. The Morgan fingerprint density at radius 3 is 2.68 bits per heavy atom. The summed E-state index contributed by atoms with van der Waals surface area (Å²) >= 11 is 1.75. The minimum absolute atomic E-state index is 0.344. The zero-order valence-electron chi connectivity index (χ0n) is 19.9. The minimum Gasteiger partial charge on any atom is -0.382 e. The molecule has 0 amide bonds. The van der Waals surface area contributed by atoms with Gasteiger partial charge in [0.05, 0.1) is 10.7 Å². The standard InChI is InChI=1S/C24H43N5OS/c1-4-25-23(27-19-24(10-6-7-11-24)12-15-30-5-2)26-16-21-8-13-29(14-9-21)17-22-18-31-20(3)28-22/h18,21H,4-17,19H2,1-3H3,(H2,25,26,27). The number of piperidine rings is 1. The third-order valence-corrected chi connectivity index (χ3v) is 7.70. The van der Waals surface area contributed by atoms with Crippen LogP contribution in [0, 0.1) is 18.3 Å². The summed E-state index contributed by atoms with van der Waals surface area (Å²) in [5.41, 5.74) is 1.57. The van der Waals surface area contributed by atoms with Crippen LogP contribution < -0.4 is 10.6 Å². The van der Waals surface area contributed by atoms with Crippen LogP contribution in [0.2, 0.25) is 0 Å². The smallest absolute Gasteiger partial charge is 0.191 e. The Morgan fingerprint density at radius 2 is 2.03 bits per heavy atom. The van der Waals surface area contributed by atoms with E-state index < -0.39 is 0 Å².